The second-order valence-electron chi connectivity index (χ2n) is 7.40. The Kier molecular flexibility index (Phi) is 5.52. The number of nitrogens with zero attached hydrogens (tertiary/aromatic N) is 1. The number of hydrogen-bond acceptors (Lipinski definition) is 6. The van der Waals surface area contributed by atoms with Gasteiger partial charge in [-0.15, -0.1) is 0 Å². The van der Waals surface area contributed by atoms with Crippen LogP contribution in [0.3, 0.4) is 0 Å². The standard InChI is InChI=1S/C24H29NO5/c1-7-25-9-8-14-16-12-21(28-4)23(29-5)24(30-6)22(16)17-11-20(27-3)19(26-2)10-15(17)18(14)13-25/h10-12H,7-9,13H2,1-6H3. The summed E-state index contributed by atoms with van der Waals surface area (Å²) >= 11 is 0. The molecule has 1 aliphatic rings. The third-order valence-corrected chi connectivity index (χ3v) is 6.14. The summed E-state index contributed by atoms with van der Waals surface area (Å²) in [6, 6.07) is 6.20. The van der Waals surface area contributed by atoms with E-state index in [2.05, 4.69) is 24.0 Å². The zero-order chi connectivity index (χ0) is 21.4. The van der Waals surface area contributed by atoms with E-state index < -0.39 is 0 Å². The maximum absolute atomic E-state index is 5.88. The van der Waals surface area contributed by atoms with E-state index in [4.69, 9.17) is 23.7 Å². The molecule has 0 saturated carbocycles. The fraction of sp³-hybridized carbons (Fsp3) is 0.417. The molecule has 1 heterocycles. The summed E-state index contributed by atoms with van der Waals surface area (Å²) in [5.74, 6) is 3.34. The Morgan fingerprint density at radius 2 is 1.30 bits per heavy atom. The molecule has 6 nitrogen and oxygen atoms in total. The van der Waals surface area contributed by atoms with Crippen molar-refractivity contribution in [1.29, 1.82) is 0 Å². The highest BCUT2D eigenvalue weighted by molar-refractivity contribution is 6.16. The number of hydrogen-bond donors (Lipinski definition) is 0. The predicted octanol–water partition coefficient (Wildman–Crippen LogP) is 4.41. The summed E-state index contributed by atoms with van der Waals surface area (Å²) in [5, 5.41) is 4.35. The van der Waals surface area contributed by atoms with Crippen molar-refractivity contribution in [3.05, 3.63) is 29.3 Å². The van der Waals surface area contributed by atoms with Gasteiger partial charge < -0.3 is 23.7 Å². The van der Waals surface area contributed by atoms with Crippen molar-refractivity contribution in [3.63, 3.8) is 0 Å². The number of ether oxygens (including phenoxy) is 5. The van der Waals surface area contributed by atoms with Crippen LogP contribution in [0.25, 0.3) is 21.5 Å². The molecule has 0 amide bonds. The molecule has 30 heavy (non-hydrogen) atoms. The average molecular weight is 411 g/mol. The molecule has 0 atom stereocenters. The minimum atomic E-state index is 0.592. The molecule has 0 bridgehead atoms. The number of methoxy groups -OCH3 is 5. The quantitative estimate of drug-likeness (QED) is 0.560. The predicted molar refractivity (Wildman–Crippen MR) is 119 cm³/mol. The van der Waals surface area contributed by atoms with Crippen LogP contribution in [-0.4, -0.2) is 53.5 Å². The monoisotopic (exact) mass is 411 g/mol. The Hall–Kier alpha value is -2.86. The minimum absolute atomic E-state index is 0.592. The largest absolute Gasteiger partial charge is 0.493 e. The molecule has 6 heteroatoms. The first kappa shape index (κ1) is 20.4. The van der Waals surface area contributed by atoms with E-state index in [1.807, 2.05) is 6.07 Å². The third kappa shape index (κ3) is 2.98. The van der Waals surface area contributed by atoms with Crippen molar-refractivity contribution in [3.8, 4) is 28.7 Å². The topological polar surface area (TPSA) is 49.4 Å². The number of likely N-dealkylation sites (N-methyl/N-ethyl adjacent to an activating group) is 1. The van der Waals surface area contributed by atoms with Gasteiger partial charge in [0, 0.05) is 18.5 Å². The number of fused-ring (bicyclic) bond motifs is 6. The van der Waals surface area contributed by atoms with Gasteiger partial charge in [-0.1, -0.05) is 6.92 Å². The van der Waals surface area contributed by atoms with Gasteiger partial charge in [0.2, 0.25) is 5.75 Å². The van der Waals surface area contributed by atoms with Crippen LogP contribution in [0.4, 0.5) is 0 Å². The van der Waals surface area contributed by atoms with Crippen LogP contribution in [0, 0.1) is 0 Å². The molecule has 0 spiro atoms. The first-order valence-electron chi connectivity index (χ1n) is 10.2. The highest BCUT2D eigenvalue weighted by Gasteiger charge is 2.27. The van der Waals surface area contributed by atoms with Crippen LogP contribution in [0.2, 0.25) is 0 Å². The van der Waals surface area contributed by atoms with E-state index in [0.29, 0.717) is 23.0 Å². The van der Waals surface area contributed by atoms with Crippen molar-refractivity contribution in [2.45, 2.75) is 19.9 Å². The van der Waals surface area contributed by atoms with Crippen LogP contribution in [0.5, 0.6) is 28.7 Å². The maximum Gasteiger partial charge on any atom is 0.203 e. The van der Waals surface area contributed by atoms with Crippen LogP contribution >= 0.6 is 0 Å². The highest BCUT2D eigenvalue weighted by Crippen LogP contribution is 2.50. The number of rotatable bonds is 6. The van der Waals surface area contributed by atoms with Crippen LogP contribution in [0.15, 0.2) is 18.2 Å². The van der Waals surface area contributed by atoms with Crippen molar-refractivity contribution in [1.82, 2.24) is 4.90 Å². The van der Waals surface area contributed by atoms with Crippen LogP contribution in [0.1, 0.15) is 18.1 Å². The molecule has 0 aromatic heterocycles. The molecule has 1 aliphatic heterocycles. The fourth-order valence-electron chi connectivity index (χ4n) is 4.63. The van der Waals surface area contributed by atoms with Gasteiger partial charge in [0.05, 0.1) is 35.5 Å². The lowest BCUT2D eigenvalue weighted by molar-refractivity contribution is 0.270. The third-order valence-electron chi connectivity index (χ3n) is 6.14. The lowest BCUT2D eigenvalue weighted by atomic mass is 9.86. The van der Waals surface area contributed by atoms with Crippen LogP contribution < -0.4 is 23.7 Å². The Balaban J connectivity index is 2.23. The second kappa shape index (κ2) is 8.11. The first-order chi connectivity index (χ1) is 14.6. The van der Waals surface area contributed by atoms with Gasteiger partial charge in [0.25, 0.3) is 0 Å². The Labute approximate surface area is 177 Å². The van der Waals surface area contributed by atoms with E-state index >= 15 is 0 Å². The Morgan fingerprint density at radius 1 is 0.700 bits per heavy atom. The van der Waals surface area contributed by atoms with Crippen molar-refractivity contribution < 1.29 is 23.7 Å². The van der Waals surface area contributed by atoms with Crippen molar-refractivity contribution in [2.24, 2.45) is 0 Å². The number of benzene rings is 3. The van der Waals surface area contributed by atoms with E-state index in [9.17, 15) is 0 Å². The molecule has 0 aliphatic carbocycles. The maximum atomic E-state index is 5.88. The van der Waals surface area contributed by atoms with Gasteiger partial charge in [-0.25, -0.2) is 0 Å². The van der Waals surface area contributed by atoms with Gasteiger partial charge in [-0.05, 0) is 58.5 Å². The van der Waals surface area contributed by atoms with Crippen molar-refractivity contribution in [2.75, 3.05) is 48.6 Å². The lowest BCUT2D eigenvalue weighted by Crippen LogP contribution is -2.30. The van der Waals surface area contributed by atoms with E-state index in [0.717, 1.165) is 53.3 Å². The van der Waals surface area contributed by atoms with Gasteiger partial charge in [0.15, 0.2) is 23.0 Å². The lowest BCUT2D eigenvalue weighted by Gasteiger charge is -2.31. The summed E-state index contributed by atoms with van der Waals surface area (Å²) < 4.78 is 28.5. The fourth-order valence-corrected chi connectivity index (χ4v) is 4.63. The molecular formula is C24H29NO5. The molecule has 0 saturated heterocycles. The highest BCUT2D eigenvalue weighted by atomic mass is 16.5. The Bertz CT molecular complexity index is 1110. The molecule has 160 valence electrons. The molecule has 0 fully saturated rings. The van der Waals surface area contributed by atoms with Gasteiger partial charge in [0.1, 0.15) is 0 Å². The summed E-state index contributed by atoms with van der Waals surface area (Å²) in [6.45, 7) is 5.13. The molecule has 3 aromatic rings. The van der Waals surface area contributed by atoms with Gasteiger partial charge in [-0.3, -0.25) is 4.90 Å². The van der Waals surface area contributed by atoms with Gasteiger partial charge >= 0.3 is 0 Å². The van der Waals surface area contributed by atoms with E-state index in [1.165, 1.54) is 11.1 Å². The summed E-state index contributed by atoms with van der Waals surface area (Å²) in [5.41, 5.74) is 2.65. The summed E-state index contributed by atoms with van der Waals surface area (Å²) in [7, 11) is 8.29. The summed E-state index contributed by atoms with van der Waals surface area (Å²) in [4.78, 5) is 2.46. The molecule has 0 unspecified atom stereocenters. The van der Waals surface area contributed by atoms with Gasteiger partial charge in [-0.2, -0.15) is 0 Å². The second-order valence-corrected chi connectivity index (χ2v) is 7.40. The molecule has 0 radical (unpaired) electrons. The summed E-state index contributed by atoms with van der Waals surface area (Å²) in [6.07, 6.45) is 0.961. The van der Waals surface area contributed by atoms with E-state index in [-0.39, 0.29) is 0 Å². The van der Waals surface area contributed by atoms with E-state index in [1.54, 1.807) is 35.5 Å². The normalized spacial score (nSPS) is 13.9. The minimum Gasteiger partial charge on any atom is -0.493 e. The van der Waals surface area contributed by atoms with Crippen LogP contribution in [-0.2, 0) is 13.0 Å². The average Bonchev–Trinajstić information content (AvgIpc) is 2.81. The zero-order valence-electron chi connectivity index (χ0n) is 18.5. The molecule has 0 N–H and O–H groups in total. The molecular weight excluding hydrogens is 382 g/mol. The first-order valence-corrected chi connectivity index (χ1v) is 10.2. The smallest absolute Gasteiger partial charge is 0.203 e. The Morgan fingerprint density at radius 3 is 1.87 bits per heavy atom. The molecule has 4 rings (SSSR count). The van der Waals surface area contributed by atoms with Crippen molar-refractivity contribution >= 4 is 21.5 Å². The SMILES string of the molecule is CCN1CCc2c(c3cc(OC)c(OC)cc3c3c(OC)c(OC)c(OC)cc23)C1. The molecule has 3 aromatic carbocycles. The zero-order valence-corrected chi connectivity index (χ0v) is 18.5.